The highest BCUT2D eigenvalue weighted by Gasteiger charge is 2.61. The van der Waals surface area contributed by atoms with Crippen LogP contribution in [0.2, 0.25) is 0 Å². The van der Waals surface area contributed by atoms with Crippen LogP contribution in [0, 0.1) is 16.7 Å². The minimum Gasteiger partial charge on any atom is -0.396 e. The highest BCUT2D eigenvalue weighted by molar-refractivity contribution is 5.11. The average Bonchev–Trinajstić information content (AvgIpc) is 2.53. The molecule has 0 aromatic heterocycles. The van der Waals surface area contributed by atoms with Gasteiger partial charge >= 0.3 is 0 Å². The Bertz CT molecular complexity index is 200. The molecule has 0 heterocycles. The van der Waals surface area contributed by atoms with Crippen molar-refractivity contribution in [2.75, 3.05) is 6.61 Å². The van der Waals surface area contributed by atoms with Gasteiger partial charge in [-0.2, -0.15) is 0 Å². The molecule has 3 atom stereocenters. The molecule has 2 N–H and O–H groups in total. The number of hydrogen-bond acceptors (Lipinski definition) is 2. The lowest BCUT2D eigenvalue weighted by Crippen LogP contribution is -2.44. The van der Waals surface area contributed by atoms with Gasteiger partial charge in [0.15, 0.2) is 0 Å². The molecule has 2 heteroatoms. The number of fused-ring (bicyclic) bond motifs is 2. The van der Waals surface area contributed by atoms with Crippen LogP contribution in [0.15, 0.2) is 0 Å². The van der Waals surface area contributed by atoms with Crippen molar-refractivity contribution in [3.8, 4) is 0 Å². The van der Waals surface area contributed by atoms with E-state index in [1.165, 1.54) is 0 Å². The largest absolute Gasteiger partial charge is 0.396 e. The molecular weight excluding hydrogens is 152 g/mol. The Kier molecular flexibility index (Phi) is 1.59. The summed E-state index contributed by atoms with van der Waals surface area (Å²) < 4.78 is 0. The zero-order chi connectivity index (χ0) is 8.98. The fourth-order valence-electron chi connectivity index (χ4n) is 3.27. The third-order valence-corrected chi connectivity index (χ3v) is 4.50. The van der Waals surface area contributed by atoms with E-state index in [9.17, 15) is 10.2 Å². The molecule has 2 aliphatic rings. The standard InChI is InChI=1S/C10H18O2/c1-9(2)8(12)7-3-4-10(9,5-7)6-11/h7-8,11-12H,3-6H2,1-2H3. The van der Waals surface area contributed by atoms with E-state index in [1.807, 2.05) is 0 Å². The highest BCUT2D eigenvalue weighted by Crippen LogP contribution is 2.63. The van der Waals surface area contributed by atoms with Gasteiger partial charge in [0.1, 0.15) is 0 Å². The van der Waals surface area contributed by atoms with Gasteiger partial charge in [0.25, 0.3) is 0 Å². The van der Waals surface area contributed by atoms with Crippen molar-refractivity contribution < 1.29 is 10.2 Å². The third kappa shape index (κ3) is 0.728. The van der Waals surface area contributed by atoms with Gasteiger partial charge in [-0.1, -0.05) is 13.8 Å². The molecule has 2 rings (SSSR count). The van der Waals surface area contributed by atoms with Gasteiger partial charge in [0, 0.05) is 12.0 Å². The third-order valence-electron chi connectivity index (χ3n) is 4.50. The summed E-state index contributed by atoms with van der Waals surface area (Å²) in [6.45, 7) is 4.42. The zero-order valence-corrected chi connectivity index (χ0v) is 7.88. The van der Waals surface area contributed by atoms with Crippen molar-refractivity contribution in [1.82, 2.24) is 0 Å². The Morgan fingerprint density at radius 3 is 2.42 bits per heavy atom. The summed E-state index contributed by atoms with van der Waals surface area (Å²) in [5.41, 5.74) is -0.0538. The first kappa shape index (κ1) is 8.52. The summed E-state index contributed by atoms with van der Waals surface area (Å²) in [6, 6.07) is 0. The monoisotopic (exact) mass is 170 g/mol. The van der Waals surface area contributed by atoms with Crippen molar-refractivity contribution in [3.63, 3.8) is 0 Å². The summed E-state index contributed by atoms with van der Waals surface area (Å²) >= 11 is 0. The molecule has 0 aromatic carbocycles. The first-order valence-electron chi connectivity index (χ1n) is 4.82. The van der Waals surface area contributed by atoms with Crippen LogP contribution >= 0.6 is 0 Å². The van der Waals surface area contributed by atoms with Crippen LogP contribution in [0.5, 0.6) is 0 Å². The molecule has 2 bridgehead atoms. The SMILES string of the molecule is CC1(C)C(O)C2CCC1(CO)C2. The quantitative estimate of drug-likeness (QED) is 0.620. The van der Waals surface area contributed by atoms with Crippen LogP contribution in [-0.2, 0) is 0 Å². The first-order chi connectivity index (χ1) is 5.53. The van der Waals surface area contributed by atoms with E-state index < -0.39 is 0 Å². The number of rotatable bonds is 1. The summed E-state index contributed by atoms with van der Waals surface area (Å²) in [5, 5.41) is 19.3. The Balaban J connectivity index is 2.35. The molecular formula is C10H18O2. The molecule has 2 nitrogen and oxygen atoms in total. The summed E-state index contributed by atoms with van der Waals surface area (Å²) in [7, 11) is 0. The first-order valence-corrected chi connectivity index (χ1v) is 4.82. The normalized spacial score (nSPS) is 50.0. The Morgan fingerprint density at radius 2 is 2.08 bits per heavy atom. The van der Waals surface area contributed by atoms with E-state index in [4.69, 9.17) is 0 Å². The average molecular weight is 170 g/mol. The summed E-state index contributed by atoms with van der Waals surface area (Å²) in [5.74, 6) is 0.451. The van der Waals surface area contributed by atoms with E-state index in [-0.39, 0.29) is 23.5 Å². The molecule has 0 spiro atoms. The molecule has 0 saturated heterocycles. The highest BCUT2D eigenvalue weighted by atomic mass is 16.3. The molecule has 3 unspecified atom stereocenters. The zero-order valence-electron chi connectivity index (χ0n) is 7.88. The lowest BCUT2D eigenvalue weighted by molar-refractivity contribution is -0.0601. The van der Waals surface area contributed by atoms with E-state index in [2.05, 4.69) is 13.8 Å². The van der Waals surface area contributed by atoms with E-state index in [1.54, 1.807) is 0 Å². The predicted octanol–water partition coefficient (Wildman–Crippen LogP) is 1.17. The van der Waals surface area contributed by atoms with Crippen LogP contribution in [0.3, 0.4) is 0 Å². The predicted molar refractivity (Wildman–Crippen MR) is 46.6 cm³/mol. The maximum absolute atomic E-state index is 9.93. The molecule has 2 aliphatic carbocycles. The minimum absolute atomic E-state index is 0.0249. The maximum Gasteiger partial charge on any atom is 0.0625 e. The molecule has 0 radical (unpaired) electrons. The Labute approximate surface area is 73.6 Å². The molecule has 12 heavy (non-hydrogen) atoms. The van der Waals surface area contributed by atoms with E-state index in [0.29, 0.717) is 5.92 Å². The van der Waals surface area contributed by atoms with Crippen molar-refractivity contribution >= 4 is 0 Å². The number of hydrogen-bond donors (Lipinski definition) is 2. The second-order valence-corrected chi connectivity index (χ2v) is 5.11. The van der Waals surface area contributed by atoms with Crippen LogP contribution < -0.4 is 0 Å². The number of aliphatic hydroxyl groups is 2. The topological polar surface area (TPSA) is 40.5 Å². The van der Waals surface area contributed by atoms with Crippen molar-refractivity contribution in [1.29, 1.82) is 0 Å². The van der Waals surface area contributed by atoms with Gasteiger partial charge in [0.05, 0.1) is 6.10 Å². The van der Waals surface area contributed by atoms with Crippen molar-refractivity contribution in [2.45, 2.75) is 39.2 Å². The molecule has 0 aliphatic heterocycles. The fourth-order valence-corrected chi connectivity index (χ4v) is 3.27. The maximum atomic E-state index is 9.93. The smallest absolute Gasteiger partial charge is 0.0625 e. The summed E-state index contributed by atoms with van der Waals surface area (Å²) in [4.78, 5) is 0. The van der Waals surface area contributed by atoms with Crippen LogP contribution in [0.1, 0.15) is 33.1 Å². The van der Waals surface area contributed by atoms with Crippen LogP contribution in [-0.4, -0.2) is 22.9 Å². The van der Waals surface area contributed by atoms with Gasteiger partial charge in [-0.15, -0.1) is 0 Å². The lowest BCUT2D eigenvalue weighted by Gasteiger charge is -2.43. The van der Waals surface area contributed by atoms with E-state index >= 15 is 0 Å². The molecule has 0 amide bonds. The summed E-state index contributed by atoms with van der Waals surface area (Å²) in [6.07, 6.45) is 3.03. The van der Waals surface area contributed by atoms with Gasteiger partial charge in [0.2, 0.25) is 0 Å². The molecule has 2 fully saturated rings. The van der Waals surface area contributed by atoms with Gasteiger partial charge in [-0.3, -0.25) is 0 Å². The van der Waals surface area contributed by atoms with E-state index in [0.717, 1.165) is 19.3 Å². The van der Waals surface area contributed by atoms with Crippen molar-refractivity contribution in [2.24, 2.45) is 16.7 Å². The molecule has 0 aromatic rings. The lowest BCUT2D eigenvalue weighted by atomic mass is 9.64. The second-order valence-electron chi connectivity index (χ2n) is 5.11. The van der Waals surface area contributed by atoms with Gasteiger partial charge in [-0.05, 0) is 30.6 Å². The minimum atomic E-state index is -0.196. The Morgan fingerprint density at radius 1 is 1.42 bits per heavy atom. The fraction of sp³-hybridized carbons (Fsp3) is 1.00. The van der Waals surface area contributed by atoms with Crippen LogP contribution in [0.4, 0.5) is 0 Å². The number of aliphatic hydroxyl groups excluding tert-OH is 2. The Hall–Kier alpha value is -0.0800. The van der Waals surface area contributed by atoms with Gasteiger partial charge in [-0.25, -0.2) is 0 Å². The molecule has 70 valence electrons. The van der Waals surface area contributed by atoms with Gasteiger partial charge < -0.3 is 10.2 Å². The second kappa shape index (κ2) is 2.24. The molecule has 2 saturated carbocycles. The van der Waals surface area contributed by atoms with Crippen LogP contribution in [0.25, 0.3) is 0 Å². The van der Waals surface area contributed by atoms with Crippen molar-refractivity contribution in [3.05, 3.63) is 0 Å².